The van der Waals surface area contributed by atoms with Crippen LogP contribution in [-0.4, -0.2) is 16.6 Å². The van der Waals surface area contributed by atoms with E-state index in [0.29, 0.717) is 12.0 Å². The summed E-state index contributed by atoms with van der Waals surface area (Å²) in [5.74, 6) is 0.753. The van der Waals surface area contributed by atoms with Crippen LogP contribution in [0.15, 0.2) is 30.6 Å². The predicted molar refractivity (Wildman–Crippen MR) is 79.2 cm³/mol. The summed E-state index contributed by atoms with van der Waals surface area (Å²) in [6.45, 7) is 5.11. The Hall–Kier alpha value is -1.68. The molecule has 0 aliphatic rings. The highest BCUT2D eigenvalue weighted by molar-refractivity contribution is 5.29. The Labute approximate surface area is 119 Å². The first kappa shape index (κ1) is 14.7. The number of rotatable bonds is 6. The van der Waals surface area contributed by atoms with Crippen LogP contribution in [0.3, 0.4) is 0 Å². The highest BCUT2D eigenvalue weighted by atomic mass is 19.1. The average Bonchev–Trinajstić information content (AvgIpc) is 2.88. The number of nitrogens with one attached hydrogen (secondary N) is 1. The van der Waals surface area contributed by atoms with Gasteiger partial charge < -0.3 is 9.88 Å². The molecule has 1 atom stereocenters. The molecule has 4 heteroatoms. The SMILES string of the molecule is CCCn1ccnc1Cc1cc(C(C)NC)ccc1F. The fourth-order valence-electron chi connectivity index (χ4n) is 2.29. The van der Waals surface area contributed by atoms with E-state index in [-0.39, 0.29) is 11.9 Å². The smallest absolute Gasteiger partial charge is 0.126 e. The molecule has 1 unspecified atom stereocenters. The second-order valence-electron chi connectivity index (χ2n) is 5.07. The molecule has 0 spiro atoms. The molecule has 0 saturated carbocycles. The van der Waals surface area contributed by atoms with Crippen molar-refractivity contribution in [3.8, 4) is 0 Å². The number of aryl methyl sites for hydroxylation is 1. The summed E-state index contributed by atoms with van der Waals surface area (Å²) < 4.78 is 16.1. The molecule has 20 heavy (non-hydrogen) atoms. The molecule has 1 aromatic carbocycles. The van der Waals surface area contributed by atoms with Crippen molar-refractivity contribution < 1.29 is 4.39 Å². The molecule has 2 rings (SSSR count). The second-order valence-corrected chi connectivity index (χ2v) is 5.07. The molecule has 0 aliphatic carbocycles. The Morgan fingerprint density at radius 1 is 1.40 bits per heavy atom. The van der Waals surface area contributed by atoms with Crippen molar-refractivity contribution in [3.05, 3.63) is 53.4 Å². The van der Waals surface area contributed by atoms with Gasteiger partial charge in [0.15, 0.2) is 0 Å². The van der Waals surface area contributed by atoms with Crippen LogP contribution in [0.4, 0.5) is 4.39 Å². The normalized spacial score (nSPS) is 12.6. The van der Waals surface area contributed by atoms with Gasteiger partial charge in [-0.05, 0) is 37.6 Å². The van der Waals surface area contributed by atoms with Gasteiger partial charge in [0.1, 0.15) is 11.6 Å². The lowest BCUT2D eigenvalue weighted by Gasteiger charge is -2.13. The monoisotopic (exact) mass is 275 g/mol. The highest BCUT2D eigenvalue weighted by Crippen LogP contribution is 2.19. The van der Waals surface area contributed by atoms with Crippen LogP contribution in [0.25, 0.3) is 0 Å². The Kier molecular flexibility index (Phi) is 4.90. The Bertz CT molecular complexity index is 563. The number of halogens is 1. The number of nitrogens with zero attached hydrogens (tertiary/aromatic N) is 2. The summed E-state index contributed by atoms with van der Waals surface area (Å²) in [5.41, 5.74) is 1.80. The molecule has 1 aromatic heterocycles. The second kappa shape index (κ2) is 6.66. The van der Waals surface area contributed by atoms with Gasteiger partial charge in [0.25, 0.3) is 0 Å². The topological polar surface area (TPSA) is 29.9 Å². The maximum atomic E-state index is 14.0. The summed E-state index contributed by atoms with van der Waals surface area (Å²) in [4.78, 5) is 4.35. The van der Waals surface area contributed by atoms with Gasteiger partial charge in [-0.3, -0.25) is 0 Å². The lowest BCUT2D eigenvalue weighted by molar-refractivity contribution is 0.596. The molecule has 0 bridgehead atoms. The zero-order chi connectivity index (χ0) is 14.5. The molecular weight excluding hydrogens is 253 g/mol. The molecule has 1 N–H and O–H groups in total. The van der Waals surface area contributed by atoms with Crippen LogP contribution in [0.5, 0.6) is 0 Å². The van der Waals surface area contributed by atoms with Crippen LogP contribution in [-0.2, 0) is 13.0 Å². The van der Waals surface area contributed by atoms with Gasteiger partial charge in [0.2, 0.25) is 0 Å². The summed E-state index contributed by atoms with van der Waals surface area (Å²) in [6, 6.07) is 5.52. The van der Waals surface area contributed by atoms with Crippen LogP contribution < -0.4 is 5.32 Å². The van der Waals surface area contributed by atoms with Gasteiger partial charge in [-0.25, -0.2) is 9.37 Å². The van der Waals surface area contributed by atoms with Crippen molar-refractivity contribution in [2.45, 2.75) is 39.3 Å². The standard InChI is InChI=1S/C16H22FN3/c1-4-8-20-9-7-19-16(20)11-14-10-13(12(2)18-3)5-6-15(14)17/h5-7,9-10,12,18H,4,8,11H2,1-3H3. The molecule has 0 saturated heterocycles. The van der Waals surface area contributed by atoms with Gasteiger partial charge in [0, 0.05) is 31.4 Å². The molecule has 0 radical (unpaired) electrons. The van der Waals surface area contributed by atoms with E-state index < -0.39 is 0 Å². The molecule has 3 nitrogen and oxygen atoms in total. The Morgan fingerprint density at radius 3 is 2.90 bits per heavy atom. The number of benzene rings is 1. The highest BCUT2D eigenvalue weighted by Gasteiger charge is 2.11. The van der Waals surface area contributed by atoms with E-state index in [1.165, 1.54) is 0 Å². The van der Waals surface area contributed by atoms with Crippen LogP contribution >= 0.6 is 0 Å². The first-order chi connectivity index (χ1) is 9.65. The Morgan fingerprint density at radius 2 is 2.20 bits per heavy atom. The molecule has 1 heterocycles. The van der Waals surface area contributed by atoms with Gasteiger partial charge in [-0.15, -0.1) is 0 Å². The molecular formula is C16H22FN3. The van der Waals surface area contributed by atoms with E-state index in [2.05, 4.69) is 28.7 Å². The first-order valence-corrected chi connectivity index (χ1v) is 7.11. The number of hydrogen-bond donors (Lipinski definition) is 1. The lowest BCUT2D eigenvalue weighted by atomic mass is 10.0. The fourth-order valence-corrected chi connectivity index (χ4v) is 2.29. The van der Waals surface area contributed by atoms with Crippen molar-refractivity contribution in [1.29, 1.82) is 0 Å². The largest absolute Gasteiger partial charge is 0.335 e. The summed E-state index contributed by atoms with van der Waals surface area (Å²) in [7, 11) is 1.90. The summed E-state index contributed by atoms with van der Waals surface area (Å²) >= 11 is 0. The number of aromatic nitrogens is 2. The maximum absolute atomic E-state index is 14.0. The van der Waals surface area contributed by atoms with Crippen LogP contribution in [0.1, 0.15) is 43.3 Å². The zero-order valence-corrected chi connectivity index (χ0v) is 12.4. The zero-order valence-electron chi connectivity index (χ0n) is 12.4. The van der Waals surface area contributed by atoms with Crippen LogP contribution in [0, 0.1) is 5.82 Å². The minimum Gasteiger partial charge on any atom is -0.335 e. The van der Waals surface area contributed by atoms with Gasteiger partial charge >= 0.3 is 0 Å². The molecule has 108 valence electrons. The average molecular weight is 275 g/mol. The van der Waals surface area contributed by atoms with Crippen molar-refractivity contribution in [1.82, 2.24) is 14.9 Å². The van der Waals surface area contributed by atoms with Crippen molar-refractivity contribution in [3.63, 3.8) is 0 Å². The predicted octanol–water partition coefficient (Wildman–Crippen LogP) is 3.30. The van der Waals surface area contributed by atoms with E-state index >= 15 is 0 Å². The van der Waals surface area contributed by atoms with Gasteiger partial charge in [-0.1, -0.05) is 19.1 Å². The number of hydrogen-bond acceptors (Lipinski definition) is 2. The fraction of sp³-hybridized carbons (Fsp3) is 0.438. The quantitative estimate of drug-likeness (QED) is 0.876. The van der Waals surface area contributed by atoms with E-state index in [0.717, 1.165) is 24.4 Å². The Balaban J connectivity index is 2.25. The van der Waals surface area contributed by atoms with Crippen molar-refractivity contribution >= 4 is 0 Å². The minimum absolute atomic E-state index is 0.164. The summed E-state index contributed by atoms with van der Waals surface area (Å²) in [5, 5.41) is 3.18. The first-order valence-electron chi connectivity index (χ1n) is 7.11. The van der Waals surface area contributed by atoms with E-state index in [4.69, 9.17) is 0 Å². The van der Waals surface area contributed by atoms with Crippen molar-refractivity contribution in [2.24, 2.45) is 0 Å². The minimum atomic E-state index is -0.164. The maximum Gasteiger partial charge on any atom is 0.126 e. The molecule has 2 aromatic rings. The van der Waals surface area contributed by atoms with Gasteiger partial charge in [0.05, 0.1) is 0 Å². The lowest BCUT2D eigenvalue weighted by Crippen LogP contribution is -2.13. The van der Waals surface area contributed by atoms with E-state index in [1.54, 1.807) is 12.3 Å². The van der Waals surface area contributed by atoms with E-state index in [9.17, 15) is 4.39 Å². The molecule has 0 aliphatic heterocycles. The number of imidazole rings is 1. The third-order valence-electron chi connectivity index (χ3n) is 3.62. The van der Waals surface area contributed by atoms with Crippen LogP contribution in [0.2, 0.25) is 0 Å². The third-order valence-corrected chi connectivity index (χ3v) is 3.62. The van der Waals surface area contributed by atoms with Crippen molar-refractivity contribution in [2.75, 3.05) is 7.05 Å². The molecule has 0 fully saturated rings. The third kappa shape index (κ3) is 3.25. The van der Waals surface area contributed by atoms with Gasteiger partial charge in [-0.2, -0.15) is 0 Å². The molecule has 0 amide bonds. The summed E-state index contributed by atoms with van der Waals surface area (Å²) in [6.07, 6.45) is 5.31. The van der Waals surface area contributed by atoms with E-state index in [1.807, 2.05) is 25.4 Å².